The first-order chi connectivity index (χ1) is 16.4. The molecule has 0 aliphatic carbocycles. The molecule has 0 aliphatic heterocycles. The molecule has 0 unspecified atom stereocenters. The first-order valence-corrected chi connectivity index (χ1v) is 12.2. The van der Waals surface area contributed by atoms with Crippen LogP contribution in [0.3, 0.4) is 0 Å². The van der Waals surface area contributed by atoms with Crippen LogP contribution in [0.2, 0.25) is 15.1 Å². The van der Waals surface area contributed by atoms with Gasteiger partial charge >= 0.3 is 0 Å². The van der Waals surface area contributed by atoms with Crippen LogP contribution in [0.4, 0.5) is 0 Å². The molecule has 34 heavy (non-hydrogen) atoms. The highest BCUT2D eigenvalue weighted by Gasteiger charge is 2.17. The number of hydrogen-bond donors (Lipinski definition) is 1. The predicted molar refractivity (Wildman–Crippen MR) is 139 cm³/mol. The summed E-state index contributed by atoms with van der Waals surface area (Å²) in [6.07, 6.45) is 1.45. The van der Waals surface area contributed by atoms with Crippen LogP contribution < -0.4 is 5.43 Å². The Hall–Kier alpha value is -2.84. The van der Waals surface area contributed by atoms with Gasteiger partial charge in [0.05, 0.1) is 22.0 Å². The second-order valence-corrected chi connectivity index (χ2v) is 9.37. The molecule has 0 spiro atoms. The molecule has 0 radical (unpaired) electrons. The van der Waals surface area contributed by atoms with E-state index < -0.39 is 0 Å². The molecular formula is C24H18Cl3N5OS. The van der Waals surface area contributed by atoms with Crippen LogP contribution in [0.1, 0.15) is 11.1 Å². The third-order valence-electron chi connectivity index (χ3n) is 4.73. The van der Waals surface area contributed by atoms with E-state index >= 15 is 0 Å². The monoisotopic (exact) mass is 529 g/mol. The van der Waals surface area contributed by atoms with Gasteiger partial charge in [-0.2, -0.15) is 5.10 Å². The second-order valence-electron chi connectivity index (χ2n) is 7.21. The molecule has 3 aromatic carbocycles. The fourth-order valence-electron chi connectivity index (χ4n) is 3.03. The smallest absolute Gasteiger partial charge is 0.250 e. The number of rotatable bonds is 7. The van der Waals surface area contributed by atoms with Crippen molar-refractivity contribution in [2.24, 2.45) is 5.10 Å². The highest BCUT2D eigenvalue weighted by atomic mass is 35.5. The van der Waals surface area contributed by atoms with Gasteiger partial charge in [0, 0.05) is 21.8 Å². The van der Waals surface area contributed by atoms with Crippen molar-refractivity contribution in [3.8, 4) is 17.1 Å². The summed E-state index contributed by atoms with van der Waals surface area (Å²) in [5.41, 5.74) is 5.99. The minimum absolute atomic E-state index is 0.0836. The van der Waals surface area contributed by atoms with Crippen molar-refractivity contribution in [3.05, 3.63) is 92.9 Å². The van der Waals surface area contributed by atoms with Gasteiger partial charge in [-0.15, -0.1) is 10.2 Å². The van der Waals surface area contributed by atoms with E-state index in [2.05, 4.69) is 20.7 Å². The van der Waals surface area contributed by atoms with Gasteiger partial charge in [0.15, 0.2) is 11.0 Å². The van der Waals surface area contributed by atoms with Crippen LogP contribution in [-0.4, -0.2) is 32.6 Å². The van der Waals surface area contributed by atoms with E-state index in [1.54, 1.807) is 30.3 Å². The van der Waals surface area contributed by atoms with Crippen molar-refractivity contribution < 1.29 is 4.79 Å². The topological polar surface area (TPSA) is 72.2 Å². The van der Waals surface area contributed by atoms with Gasteiger partial charge in [-0.05, 0) is 37.3 Å². The lowest BCUT2D eigenvalue weighted by molar-refractivity contribution is -0.118. The standard InChI is InChI=1S/C24H18Cl3N5OS/c1-15-5-7-16(8-6-15)23-30-31-24(32(23)19-11-9-18(25)10-12-19)34-14-21(33)29-28-13-17-3-2-4-20(26)22(17)27/h2-13H,14H2,1H3,(H,29,33)/b28-13+. The first-order valence-electron chi connectivity index (χ1n) is 10.1. The fraction of sp³-hybridized carbons (Fsp3) is 0.0833. The maximum atomic E-state index is 12.4. The molecule has 1 heterocycles. The molecule has 1 amide bonds. The summed E-state index contributed by atoms with van der Waals surface area (Å²) in [6.45, 7) is 2.02. The Bertz CT molecular complexity index is 1340. The number of carbonyl (C=O) groups is 1. The van der Waals surface area contributed by atoms with Crippen LogP contribution >= 0.6 is 46.6 Å². The van der Waals surface area contributed by atoms with Crippen LogP contribution in [-0.2, 0) is 4.79 Å². The number of hydrazone groups is 1. The minimum atomic E-state index is -0.304. The van der Waals surface area contributed by atoms with E-state index in [0.29, 0.717) is 31.6 Å². The van der Waals surface area contributed by atoms with Gasteiger partial charge in [0.2, 0.25) is 0 Å². The van der Waals surface area contributed by atoms with Crippen molar-refractivity contribution in [3.63, 3.8) is 0 Å². The van der Waals surface area contributed by atoms with E-state index in [1.807, 2.05) is 47.9 Å². The Kier molecular flexibility index (Phi) is 7.90. The molecule has 6 nitrogen and oxygen atoms in total. The van der Waals surface area contributed by atoms with Gasteiger partial charge in [-0.25, -0.2) is 5.43 Å². The molecule has 4 rings (SSSR count). The van der Waals surface area contributed by atoms with E-state index in [1.165, 1.54) is 18.0 Å². The highest BCUT2D eigenvalue weighted by Crippen LogP contribution is 2.29. The number of nitrogens with zero attached hydrogens (tertiary/aromatic N) is 4. The molecule has 0 atom stereocenters. The molecule has 4 aromatic rings. The van der Waals surface area contributed by atoms with E-state index in [9.17, 15) is 4.79 Å². The zero-order valence-electron chi connectivity index (χ0n) is 17.9. The lowest BCUT2D eigenvalue weighted by atomic mass is 10.1. The summed E-state index contributed by atoms with van der Waals surface area (Å²) in [6, 6.07) is 20.5. The Labute approximate surface area is 215 Å². The van der Waals surface area contributed by atoms with Crippen LogP contribution in [0.5, 0.6) is 0 Å². The van der Waals surface area contributed by atoms with Crippen molar-refractivity contribution in [2.75, 3.05) is 5.75 Å². The van der Waals surface area contributed by atoms with Crippen LogP contribution in [0, 0.1) is 6.92 Å². The number of benzene rings is 3. The number of aryl methyl sites for hydroxylation is 1. The predicted octanol–water partition coefficient (Wildman–Crippen LogP) is 6.45. The van der Waals surface area contributed by atoms with Gasteiger partial charge in [0.1, 0.15) is 0 Å². The summed E-state index contributed by atoms with van der Waals surface area (Å²) >= 11 is 19.4. The quantitative estimate of drug-likeness (QED) is 0.169. The number of carbonyl (C=O) groups excluding carboxylic acids is 1. The molecule has 0 saturated carbocycles. The SMILES string of the molecule is Cc1ccc(-c2nnc(SCC(=O)N/N=C/c3cccc(Cl)c3Cl)n2-c2ccc(Cl)cc2)cc1. The number of halogens is 3. The Morgan fingerprint density at radius 1 is 1.03 bits per heavy atom. The lowest BCUT2D eigenvalue weighted by Gasteiger charge is -2.10. The largest absolute Gasteiger partial charge is 0.272 e. The Morgan fingerprint density at radius 2 is 1.76 bits per heavy atom. The molecule has 0 bridgehead atoms. The molecule has 0 saturated heterocycles. The van der Waals surface area contributed by atoms with E-state index in [0.717, 1.165) is 16.8 Å². The number of amides is 1. The first kappa shape index (κ1) is 24.3. The van der Waals surface area contributed by atoms with Crippen molar-refractivity contribution in [1.82, 2.24) is 20.2 Å². The third kappa shape index (κ3) is 5.80. The average Bonchev–Trinajstić information content (AvgIpc) is 3.25. The molecule has 172 valence electrons. The summed E-state index contributed by atoms with van der Waals surface area (Å²) < 4.78 is 1.90. The summed E-state index contributed by atoms with van der Waals surface area (Å²) in [7, 11) is 0. The zero-order chi connectivity index (χ0) is 24.1. The van der Waals surface area contributed by atoms with Gasteiger partial charge in [-0.3, -0.25) is 9.36 Å². The van der Waals surface area contributed by atoms with E-state index in [4.69, 9.17) is 34.8 Å². The maximum Gasteiger partial charge on any atom is 0.250 e. The van der Waals surface area contributed by atoms with E-state index in [-0.39, 0.29) is 11.7 Å². The Balaban J connectivity index is 1.51. The van der Waals surface area contributed by atoms with Crippen molar-refractivity contribution in [1.29, 1.82) is 0 Å². The van der Waals surface area contributed by atoms with Crippen LogP contribution in [0.15, 0.2) is 77.0 Å². The molecule has 1 N–H and O–H groups in total. The normalized spacial score (nSPS) is 11.2. The lowest BCUT2D eigenvalue weighted by Crippen LogP contribution is -2.20. The number of nitrogens with one attached hydrogen (secondary N) is 1. The summed E-state index contributed by atoms with van der Waals surface area (Å²) in [5, 5.41) is 14.7. The van der Waals surface area contributed by atoms with Crippen molar-refractivity contribution in [2.45, 2.75) is 12.1 Å². The number of thioether (sulfide) groups is 1. The van der Waals surface area contributed by atoms with Gasteiger partial charge < -0.3 is 0 Å². The van der Waals surface area contributed by atoms with Gasteiger partial charge in [0.25, 0.3) is 5.91 Å². The molecular weight excluding hydrogens is 513 g/mol. The molecule has 0 fully saturated rings. The number of hydrogen-bond acceptors (Lipinski definition) is 5. The average molecular weight is 531 g/mol. The Morgan fingerprint density at radius 3 is 2.50 bits per heavy atom. The molecule has 10 heteroatoms. The number of aromatic nitrogens is 3. The second kappa shape index (κ2) is 11.1. The molecule has 0 aliphatic rings. The maximum absolute atomic E-state index is 12.4. The summed E-state index contributed by atoms with van der Waals surface area (Å²) in [5.74, 6) is 0.445. The zero-order valence-corrected chi connectivity index (χ0v) is 21.0. The summed E-state index contributed by atoms with van der Waals surface area (Å²) in [4.78, 5) is 12.4. The minimum Gasteiger partial charge on any atom is -0.272 e. The van der Waals surface area contributed by atoms with Crippen molar-refractivity contribution >= 4 is 58.7 Å². The fourth-order valence-corrected chi connectivity index (χ4v) is 4.26. The van der Waals surface area contributed by atoms with Gasteiger partial charge in [-0.1, -0.05) is 88.5 Å². The van der Waals surface area contributed by atoms with Crippen LogP contribution in [0.25, 0.3) is 17.1 Å². The highest BCUT2D eigenvalue weighted by molar-refractivity contribution is 7.99. The molecule has 1 aromatic heterocycles. The third-order valence-corrected chi connectivity index (χ3v) is 6.75.